The van der Waals surface area contributed by atoms with Crippen LogP contribution in [0.2, 0.25) is 0 Å². The molecule has 0 saturated carbocycles. The molecule has 0 heterocycles. The Bertz CT molecular complexity index is 184. The van der Waals surface area contributed by atoms with Crippen LogP contribution in [0.5, 0.6) is 0 Å². The molecule has 0 rings (SSSR count). The maximum Gasteiger partial charge on any atom is 0.246 e. The molecule has 16 heavy (non-hydrogen) atoms. The lowest BCUT2D eigenvalue weighted by Crippen LogP contribution is -2.37. The van der Waals surface area contributed by atoms with Gasteiger partial charge in [0.15, 0.2) is 0 Å². The maximum atomic E-state index is 10.8. The molecular weight excluding hydrogens is 249 g/mol. The van der Waals surface area contributed by atoms with E-state index in [9.17, 15) is 4.79 Å². The van der Waals surface area contributed by atoms with Crippen LogP contribution in [0, 0.1) is 0 Å². The number of hydrogen-bond donors (Lipinski definition) is 2. The van der Waals surface area contributed by atoms with Gasteiger partial charge in [0.05, 0.1) is 0 Å². The van der Waals surface area contributed by atoms with Gasteiger partial charge in [-0.15, -0.1) is 24.8 Å². The van der Waals surface area contributed by atoms with E-state index in [2.05, 4.69) is 11.9 Å². The molecule has 100 valence electrons. The molecule has 1 unspecified atom stereocenters. The molecule has 0 aliphatic carbocycles. The topological polar surface area (TPSA) is 58.4 Å². The van der Waals surface area contributed by atoms with Gasteiger partial charge in [-0.2, -0.15) is 0 Å². The van der Waals surface area contributed by atoms with Crippen LogP contribution in [0.25, 0.3) is 0 Å². The fraction of sp³-hybridized carbons (Fsp3) is 0.700. The van der Waals surface area contributed by atoms with E-state index in [-0.39, 0.29) is 36.8 Å². The molecule has 0 aromatic rings. The predicted molar refractivity (Wildman–Crippen MR) is 75.6 cm³/mol. The summed E-state index contributed by atoms with van der Waals surface area (Å²) in [7, 11) is 6.00. The van der Waals surface area contributed by atoms with E-state index in [1.165, 1.54) is 0 Å². The van der Waals surface area contributed by atoms with Crippen LogP contribution in [0.3, 0.4) is 0 Å². The second-order valence-electron chi connectivity index (χ2n) is 3.73. The summed E-state index contributed by atoms with van der Waals surface area (Å²) >= 11 is 0. The third-order valence-electron chi connectivity index (χ3n) is 1.12. The molecule has 0 saturated heterocycles. The van der Waals surface area contributed by atoms with Gasteiger partial charge in [-0.05, 0) is 35.0 Å². The monoisotopic (exact) mass is 273 g/mol. The van der Waals surface area contributed by atoms with Crippen LogP contribution in [0.1, 0.15) is 13.8 Å². The van der Waals surface area contributed by atoms with Crippen LogP contribution in [0.4, 0.5) is 0 Å². The standard InChI is InChI=1S/C7H14N2O.C3H9N.2ClH/c1-5(2)7(10)9-6(3)4-8;1-4(2)3;;/h6H,1,4,8H2,2-3H3,(H,9,10);1-3H3;2*1H. The highest BCUT2D eigenvalue weighted by Crippen LogP contribution is 1.87. The Labute approximate surface area is 111 Å². The first-order chi connectivity index (χ1) is 6.31. The largest absolute Gasteiger partial charge is 0.349 e. The van der Waals surface area contributed by atoms with Crippen molar-refractivity contribution < 1.29 is 4.79 Å². The zero-order chi connectivity index (χ0) is 11.7. The summed E-state index contributed by atoms with van der Waals surface area (Å²) in [6.45, 7) is 7.46. The lowest BCUT2D eigenvalue weighted by Gasteiger charge is -2.10. The smallest absolute Gasteiger partial charge is 0.246 e. The molecule has 6 heteroatoms. The Morgan fingerprint density at radius 3 is 1.88 bits per heavy atom. The van der Waals surface area contributed by atoms with Crippen molar-refractivity contribution in [3.8, 4) is 0 Å². The van der Waals surface area contributed by atoms with Crippen molar-refractivity contribution in [3.63, 3.8) is 0 Å². The molecule has 0 spiro atoms. The van der Waals surface area contributed by atoms with Crippen molar-refractivity contribution in [3.05, 3.63) is 12.2 Å². The van der Waals surface area contributed by atoms with Crippen LogP contribution in [0.15, 0.2) is 12.2 Å². The van der Waals surface area contributed by atoms with Crippen LogP contribution < -0.4 is 11.1 Å². The van der Waals surface area contributed by atoms with Gasteiger partial charge in [0.25, 0.3) is 0 Å². The average molecular weight is 274 g/mol. The molecule has 0 aromatic carbocycles. The summed E-state index contributed by atoms with van der Waals surface area (Å²) < 4.78 is 0. The Balaban J connectivity index is -0.000000105. The molecule has 0 aliphatic heterocycles. The molecular formula is C10H25Cl2N3O. The van der Waals surface area contributed by atoms with Crippen molar-refractivity contribution in [2.45, 2.75) is 19.9 Å². The summed E-state index contributed by atoms with van der Waals surface area (Å²) in [5, 5.41) is 2.67. The van der Waals surface area contributed by atoms with E-state index < -0.39 is 0 Å². The Morgan fingerprint density at radius 2 is 1.69 bits per heavy atom. The minimum atomic E-state index is -0.127. The summed E-state index contributed by atoms with van der Waals surface area (Å²) in [5.41, 5.74) is 5.79. The zero-order valence-electron chi connectivity index (χ0n) is 10.7. The first-order valence-corrected chi connectivity index (χ1v) is 4.58. The first kappa shape index (κ1) is 24.8. The first-order valence-electron chi connectivity index (χ1n) is 4.58. The number of hydrogen-bond acceptors (Lipinski definition) is 3. The summed E-state index contributed by atoms with van der Waals surface area (Å²) in [6, 6.07) is 0.0317. The van der Waals surface area contributed by atoms with E-state index in [4.69, 9.17) is 5.73 Å². The van der Waals surface area contributed by atoms with E-state index in [1.807, 2.05) is 33.0 Å². The number of rotatable bonds is 3. The van der Waals surface area contributed by atoms with Crippen molar-refractivity contribution in [2.75, 3.05) is 27.7 Å². The van der Waals surface area contributed by atoms with Crippen molar-refractivity contribution >= 4 is 30.7 Å². The third-order valence-corrected chi connectivity index (χ3v) is 1.12. The van der Waals surface area contributed by atoms with Gasteiger partial charge < -0.3 is 16.0 Å². The quantitative estimate of drug-likeness (QED) is 0.756. The molecule has 0 bridgehead atoms. The Morgan fingerprint density at radius 1 is 1.38 bits per heavy atom. The van der Waals surface area contributed by atoms with E-state index in [1.54, 1.807) is 6.92 Å². The van der Waals surface area contributed by atoms with E-state index in [0.717, 1.165) is 0 Å². The van der Waals surface area contributed by atoms with Gasteiger partial charge in [0.1, 0.15) is 0 Å². The maximum absolute atomic E-state index is 10.8. The highest BCUT2D eigenvalue weighted by atomic mass is 35.5. The predicted octanol–water partition coefficient (Wildman–Crippen LogP) is 1.05. The summed E-state index contributed by atoms with van der Waals surface area (Å²) in [6.07, 6.45) is 0. The highest BCUT2D eigenvalue weighted by molar-refractivity contribution is 5.92. The van der Waals surface area contributed by atoms with Crippen LogP contribution in [-0.4, -0.2) is 44.5 Å². The molecule has 0 radical (unpaired) electrons. The second-order valence-corrected chi connectivity index (χ2v) is 3.73. The highest BCUT2D eigenvalue weighted by Gasteiger charge is 2.04. The number of nitrogens with two attached hydrogens (primary N) is 1. The number of carbonyl (C=O) groups is 1. The minimum absolute atomic E-state index is 0. The van der Waals surface area contributed by atoms with Crippen LogP contribution in [-0.2, 0) is 4.79 Å². The van der Waals surface area contributed by atoms with Crippen molar-refractivity contribution in [1.82, 2.24) is 10.2 Å². The fourth-order valence-corrected chi connectivity index (χ4v) is 0.406. The molecule has 0 fully saturated rings. The number of amides is 1. The molecule has 4 nitrogen and oxygen atoms in total. The lowest BCUT2D eigenvalue weighted by atomic mass is 10.3. The van der Waals surface area contributed by atoms with Gasteiger partial charge in [-0.1, -0.05) is 6.58 Å². The lowest BCUT2D eigenvalue weighted by molar-refractivity contribution is -0.117. The van der Waals surface area contributed by atoms with Gasteiger partial charge in [0, 0.05) is 18.2 Å². The molecule has 0 aromatic heterocycles. The minimum Gasteiger partial charge on any atom is -0.349 e. The van der Waals surface area contributed by atoms with Gasteiger partial charge in [0.2, 0.25) is 5.91 Å². The molecule has 1 atom stereocenters. The summed E-state index contributed by atoms with van der Waals surface area (Å²) in [4.78, 5) is 12.8. The molecule has 3 N–H and O–H groups in total. The molecule has 0 aliphatic rings. The second kappa shape index (κ2) is 14.7. The van der Waals surface area contributed by atoms with Crippen molar-refractivity contribution in [2.24, 2.45) is 5.73 Å². The number of nitrogens with one attached hydrogen (secondary N) is 1. The van der Waals surface area contributed by atoms with E-state index in [0.29, 0.717) is 12.1 Å². The fourth-order valence-electron chi connectivity index (χ4n) is 0.406. The Kier molecular flexibility index (Phi) is 22.8. The Hall–Kier alpha value is -0.290. The number of halogens is 2. The number of nitrogens with zero attached hydrogens (tertiary/aromatic N) is 1. The summed E-state index contributed by atoms with van der Waals surface area (Å²) in [5.74, 6) is -0.127. The average Bonchev–Trinajstić information content (AvgIpc) is 2.02. The van der Waals surface area contributed by atoms with Gasteiger partial charge in [-0.25, -0.2) is 0 Å². The van der Waals surface area contributed by atoms with Gasteiger partial charge >= 0.3 is 0 Å². The number of carbonyl (C=O) groups excluding carboxylic acids is 1. The SMILES string of the molecule is C=C(C)C(=O)NC(C)CN.CN(C)C.Cl.Cl. The van der Waals surface area contributed by atoms with Crippen molar-refractivity contribution in [1.29, 1.82) is 0 Å². The molecule has 1 amide bonds. The third kappa shape index (κ3) is 23.5. The van der Waals surface area contributed by atoms with Crippen LogP contribution >= 0.6 is 24.8 Å². The van der Waals surface area contributed by atoms with Gasteiger partial charge in [-0.3, -0.25) is 4.79 Å². The van der Waals surface area contributed by atoms with E-state index >= 15 is 0 Å². The normalized spacial score (nSPS) is 9.94. The zero-order valence-corrected chi connectivity index (χ0v) is 12.4.